The topological polar surface area (TPSA) is 44.1 Å². The zero-order valence-corrected chi connectivity index (χ0v) is 13.7. The molecule has 2 rings (SSSR count). The van der Waals surface area contributed by atoms with Gasteiger partial charge in [-0.2, -0.15) is 5.26 Å². The molecule has 1 heterocycles. The van der Waals surface area contributed by atoms with Crippen molar-refractivity contribution in [3.05, 3.63) is 57.3 Å². The van der Waals surface area contributed by atoms with Crippen molar-refractivity contribution in [1.29, 1.82) is 5.26 Å². The molecule has 22 heavy (non-hydrogen) atoms. The average molecular weight is 331 g/mol. The predicted molar refractivity (Wildman–Crippen MR) is 92.6 cm³/mol. The predicted octanol–water partition coefficient (Wildman–Crippen LogP) is 4.65. The Kier molecular flexibility index (Phi) is 5.76. The number of allylic oxidation sites excluding steroid dienone is 1. The number of carbonyl (C=O) groups is 1. The van der Waals surface area contributed by atoms with Crippen LogP contribution in [0.2, 0.25) is 4.34 Å². The molecule has 0 saturated carbocycles. The molecule has 0 fully saturated rings. The Hall–Kier alpha value is -2.09. The molecule has 2 aromatic rings. The van der Waals surface area contributed by atoms with Crippen LogP contribution in [0.5, 0.6) is 0 Å². The molecule has 0 aliphatic carbocycles. The first-order chi connectivity index (χ1) is 10.6. The molecule has 0 bridgehead atoms. The van der Waals surface area contributed by atoms with E-state index in [9.17, 15) is 4.79 Å². The van der Waals surface area contributed by atoms with E-state index >= 15 is 0 Å². The first-order valence-corrected chi connectivity index (χ1v) is 7.95. The van der Waals surface area contributed by atoms with Crippen molar-refractivity contribution in [2.75, 3.05) is 18.5 Å². The number of anilines is 1. The molecule has 0 saturated heterocycles. The molecule has 0 radical (unpaired) electrons. The Morgan fingerprint density at radius 1 is 1.32 bits per heavy atom. The van der Waals surface area contributed by atoms with Crippen LogP contribution in [-0.4, -0.2) is 19.4 Å². The van der Waals surface area contributed by atoms with Crippen LogP contribution >= 0.6 is 22.9 Å². The number of carbonyl (C=O) groups excluding carboxylic acids is 1. The van der Waals surface area contributed by atoms with E-state index in [2.05, 4.69) is 6.07 Å². The van der Waals surface area contributed by atoms with Gasteiger partial charge in [0.2, 0.25) is 0 Å². The molecular formula is C17H15ClN2OS. The van der Waals surface area contributed by atoms with Crippen LogP contribution in [-0.2, 0) is 0 Å². The zero-order valence-electron chi connectivity index (χ0n) is 12.1. The Balaban J connectivity index is 2.02. The van der Waals surface area contributed by atoms with Gasteiger partial charge in [-0.05, 0) is 48.6 Å². The summed E-state index contributed by atoms with van der Waals surface area (Å²) in [4.78, 5) is 15.0. The highest BCUT2D eigenvalue weighted by molar-refractivity contribution is 7.17. The van der Waals surface area contributed by atoms with E-state index in [-0.39, 0.29) is 5.78 Å². The first-order valence-electron chi connectivity index (χ1n) is 6.76. The maximum Gasteiger partial charge on any atom is 0.185 e. The fourth-order valence-corrected chi connectivity index (χ4v) is 2.86. The number of hydrogen-bond donors (Lipinski definition) is 0. The Morgan fingerprint density at radius 3 is 2.64 bits per heavy atom. The summed E-state index contributed by atoms with van der Waals surface area (Å²) in [5.74, 6) is -0.0456. The lowest BCUT2D eigenvalue weighted by Gasteiger charge is -2.17. The number of halogens is 1. The van der Waals surface area contributed by atoms with E-state index in [0.717, 1.165) is 10.6 Å². The van der Waals surface area contributed by atoms with E-state index in [1.54, 1.807) is 24.3 Å². The number of rotatable bonds is 6. The van der Waals surface area contributed by atoms with Crippen LogP contribution in [0.25, 0.3) is 6.08 Å². The summed E-state index contributed by atoms with van der Waals surface area (Å²) in [6.45, 7) is 0.669. The van der Waals surface area contributed by atoms with Crippen molar-refractivity contribution >= 4 is 40.5 Å². The van der Waals surface area contributed by atoms with Crippen LogP contribution in [0, 0.1) is 11.3 Å². The van der Waals surface area contributed by atoms with Crippen LogP contribution < -0.4 is 4.90 Å². The number of benzene rings is 1. The molecule has 0 spiro atoms. The summed E-state index contributed by atoms with van der Waals surface area (Å²) in [5, 5.41) is 8.60. The Morgan fingerprint density at radius 2 is 2.05 bits per heavy atom. The summed E-state index contributed by atoms with van der Waals surface area (Å²) in [5.41, 5.74) is 1.62. The second-order valence-electron chi connectivity index (χ2n) is 4.72. The molecule has 112 valence electrons. The maximum atomic E-state index is 12.1. The molecule has 0 aliphatic heterocycles. The number of thiophene rings is 1. The van der Waals surface area contributed by atoms with Gasteiger partial charge in [0.15, 0.2) is 5.78 Å². The van der Waals surface area contributed by atoms with Crippen LogP contribution in [0.4, 0.5) is 5.69 Å². The van der Waals surface area contributed by atoms with Gasteiger partial charge in [0.05, 0.1) is 16.8 Å². The van der Waals surface area contributed by atoms with Gasteiger partial charge in [0.25, 0.3) is 0 Å². The normalized spacial score (nSPS) is 10.6. The minimum absolute atomic E-state index is 0.0456. The van der Waals surface area contributed by atoms with E-state index in [0.29, 0.717) is 22.9 Å². The number of nitrogens with zero attached hydrogens (tertiary/aromatic N) is 2. The van der Waals surface area contributed by atoms with Gasteiger partial charge in [-0.25, -0.2) is 0 Å². The minimum atomic E-state index is -0.0456. The third kappa shape index (κ3) is 4.45. The van der Waals surface area contributed by atoms with E-state index in [4.69, 9.17) is 16.9 Å². The molecule has 0 atom stereocenters. The average Bonchev–Trinajstić information content (AvgIpc) is 2.96. The second-order valence-corrected chi connectivity index (χ2v) is 6.46. The van der Waals surface area contributed by atoms with Crippen molar-refractivity contribution < 1.29 is 4.79 Å². The van der Waals surface area contributed by atoms with Crippen molar-refractivity contribution in [3.63, 3.8) is 0 Å². The second kappa shape index (κ2) is 7.79. The third-order valence-electron chi connectivity index (χ3n) is 3.14. The SMILES string of the molecule is CN(CCC#N)c1ccc(C(=O)C=Cc2ccc(Cl)s2)cc1. The van der Waals surface area contributed by atoms with Gasteiger partial charge in [0.1, 0.15) is 0 Å². The van der Waals surface area contributed by atoms with E-state index in [1.807, 2.05) is 36.2 Å². The highest BCUT2D eigenvalue weighted by Crippen LogP contribution is 2.22. The van der Waals surface area contributed by atoms with Gasteiger partial charge in [-0.3, -0.25) is 4.79 Å². The van der Waals surface area contributed by atoms with Crippen molar-refractivity contribution in [1.82, 2.24) is 0 Å². The highest BCUT2D eigenvalue weighted by atomic mass is 35.5. The lowest BCUT2D eigenvalue weighted by atomic mass is 10.1. The minimum Gasteiger partial charge on any atom is -0.374 e. The van der Waals surface area contributed by atoms with Gasteiger partial charge in [-0.15, -0.1) is 11.3 Å². The maximum absolute atomic E-state index is 12.1. The summed E-state index contributed by atoms with van der Waals surface area (Å²) in [6.07, 6.45) is 3.80. The quantitative estimate of drug-likeness (QED) is 0.572. The Labute approximate surface area is 139 Å². The fraction of sp³-hybridized carbons (Fsp3) is 0.176. The largest absolute Gasteiger partial charge is 0.374 e. The van der Waals surface area contributed by atoms with E-state index < -0.39 is 0 Å². The Bertz CT molecular complexity index is 713. The molecule has 1 aromatic heterocycles. The van der Waals surface area contributed by atoms with Gasteiger partial charge in [-0.1, -0.05) is 11.6 Å². The van der Waals surface area contributed by atoms with E-state index in [1.165, 1.54) is 11.3 Å². The van der Waals surface area contributed by atoms with Crippen LogP contribution in [0.15, 0.2) is 42.5 Å². The molecule has 0 amide bonds. The molecule has 0 N–H and O–H groups in total. The number of nitriles is 1. The van der Waals surface area contributed by atoms with Crippen molar-refractivity contribution in [2.24, 2.45) is 0 Å². The molecule has 5 heteroatoms. The standard InChI is InChI=1S/C17H15ClN2OS/c1-20(12-2-11-19)14-5-3-13(4-6-14)16(21)9-7-15-8-10-17(18)22-15/h3-10H,2,12H2,1H3. The molecule has 1 aromatic carbocycles. The molecule has 3 nitrogen and oxygen atoms in total. The van der Waals surface area contributed by atoms with Crippen molar-refractivity contribution in [3.8, 4) is 6.07 Å². The highest BCUT2D eigenvalue weighted by Gasteiger charge is 2.04. The molecule has 0 unspecified atom stereocenters. The summed E-state index contributed by atoms with van der Waals surface area (Å²) in [6, 6.07) is 13.2. The fourth-order valence-electron chi connectivity index (χ4n) is 1.90. The van der Waals surface area contributed by atoms with Crippen molar-refractivity contribution in [2.45, 2.75) is 6.42 Å². The monoisotopic (exact) mass is 330 g/mol. The van der Waals surface area contributed by atoms with Gasteiger partial charge < -0.3 is 4.90 Å². The summed E-state index contributed by atoms with van der Waals surface area (Å²) < 4.78 is 0.705. The summed E-state index contributed by atoms with van der Waals surface area (Å²) >= 11 is 7.28. The lowest BCUT2D eigenvalue weighted by Crippen LogP contribution is -2.17. The van der Waals surface area contributed by atoms with Crippen LogP contribution in [0.1, 0.15) is 21.7 Å². The van der Waals surface area contributed by atoms with Gasteiger partial charge >= 0.3 is 0 Å². The molecular weight excluding hydrogens is 316 g/mol. The molecule has 0 aliphatic rings. The first kappa shape index (κ1) is 16.3. The number of ketones is 1. The van der Waals surface area contributed by atoms with Gasteiger partial charge in [0, 0.05) is 29.7 Å². The zero-order chi connectivity index (χ0) is 15.9. The number of hydrogen-bond acceptors (Lipinski definition) is 4. The third-order valence-corrected chi connectivity index (χ3v) is 4.34. The van der Waals surface area contributed by atoms with Crippen LogP contribution in [0.3, 0.4) is 0 Å². The lowest BCUT2D eigenvalue weighted by molar-refractivity contribution is 0.104. The smallest absolute Gasteiger partial charge is 0.185 e. The summed E-state index contributed by atoms with van der Waals surface area (Å²) in [7, 11) is 1.93.